The fraction of sp³-hybridized carbons (Fsp3) is 0.526. The molecule has 3 amide bonds. The molecule has 10 heterocycles. The van der Waals surface area contributed by atoms with Crippen molar-refractivity contribution in [2.45, 2.75) is 158 Å². The van der Waals surface area contributed by atoms with Gasteiger partial charge in [0.25, 0.3) is 29.3 Å². The van der Waals surface area contributed by atoms with E-state index in [1.54, 1.807) is 73.9 Å². The van der Waals surface area contributed by atoms with Crippen LogP contribution in [0.1, 0.15) is 179 Å². The third-order valence-corrected chi connectivity index (χ3v) is 24.8. The average molecular weight is 1440 g/mol. The molecule has 0 bridgehead atoms. The molecule has 0 N–H and O–H groups in total. The van der Waals surface area contributed by atoms with Gasteiger partial charge in [-0.3, -0.25) is 43.5 Å². The molecular weight excluding hydrogens is 1340 g/mol. The van der Waals surface area contributed by atoms with Crippen LogP contribution in [0.4, 0.5) is 32.0 Å². The number of hydrogen-bond donors (Lipinski definition) is 0. The van der Waals surface area contributed by atoms with Gasteiger partial charge < -0.3 is 38.0 Å². The van der Waals surface area contributed by atoms with Crippen LogP contribution in [0.2, 0.25) is 0 Å². The number of aromatic nitrogens is 3. The molecule has 0 unspecified atom stereocenters. The minimum absolute atomic E-state index is 0.0768. The molecule has 4 saturated heterocycles. The van der Waals surface area contributed by atoms with Gasteiger partial charge in [-0.2, -0.15) is 26.3 Å². The largest absolute Gasteiger partial charge is 0.493 e. The number of nitrogens with zero attached hydrogens (tertiary/aromatic N) is 10. The lowest BCUT2D eigenvalue weighted by atomic mass is 9.81. The van der Waals surface area contributed by atoms with Crippen molar-refractivity contribution in [2.24, 2.45) is 5.92 Å². The van der Waals surface area contributed by atoms with Gasteiger partial charge in [-0.15, -0.1) is 0 Å². The second-order valence-electron chi connectivity index (χ2n) is 29.7. The number of piperidine rings is 4. The Balaban J connectivity index is 0.000000154. The first kappa shape index (κ1) is 75.1. The molecule has 550 valence electrons. The monoisotopic (exact) mass is 1440 g/mol. The normalized spacial score (nSPS) is 19.3. The smallest absolute Gasteiger partial charge is 0.456 e. The Hall–Kier alpha value is -8.07. The van der Waals surface area contributed by atoms with Crippen LogP contribution < -0.4 is 9.64 Å². The SMILES string of the molecule is CC(=O)c1ccc2n1CCN(C)C21CCN(C(=O)c2ccc(N3CCCCC3)cc2)CC1.CC(C)COc1ccc(C(=O)N2CCC3(CC2)c2ccc(C(=O)C(F)(F)F)n2CCN3C)cc1.CN1CCn2c(C(=O)C(F)(F)F)ccc2C12CCN(C(=O)c1ccc(S(=O)(=O)C(C)(C)C)cc1)CC2. The maximum absolute atomic E-state index is 13.2. The maximum Gasteiger partial charge on any atom is 0.456 e. The number of anilines is 1. The number of carbonyl (C=O) groups excluding carboxylic acids is 6. The highest BCUT2D eigenvalue weighted by molar-refractivity contribution is 7.92. The van der Waals surface area contributed by atoms with Crippen molar-refractivity contribution in [3.63, 3.8) is 0 Å². The first-order valence-corrected chi connectivity index (χ1v) is 36.9. The minimum atomic E-state index is -4.94. The van der Waals surface area contributed by atoms with Gasteiger partial charge >= 0.3 is 12.4 Å². The van der Waals surface area contributed by atoms with Crippen molar-refractivity contribution < 1.29 is 68.3 Å². The van der Waals surface area contributed by atoms with Crippen LogP contribution in [-0.2, 0) is 46.1 Å². The fourth-order valence-electron chi connectivity index (χ4n) is 16.1. The molecule has 102 heavy (non-hydrogen) atoms. The Morgan fingerprint density at radius 2 is 0.775 bits per heavy atom. The van der Waals surface area contributed by atoms with E-state index < -0.39 is 49.6 Å². The summed E-state index contributed by atoms with van der Waals surface area (Å²) in [7, 11) is 2.51. The van der Waals surface area contributed by atoms with Crippen molar-refractivity contribution >= 4 is 50.6 Å². The molecule has 0 radical (unpaired) electrons. The van der Waals surface area contributed by atoms with Crippen LogP contribution in [0.3, 0.4) is 0 Å². The van der Waals surface area contributed by atoms with Gasteiger partial charge in [-0.25, -0.2) is 8.42 Å². The van der Waals surface area contributed by atoms with Gasteiger partial charge in [-0.05, 0) is 215 Å². The number of benzene rings is 3. The summed E-state index contributed by atoms with van der Waals surface area (Å²) in [4.78, 5) is 90.1. The number of rotatable bonds is 11. The zero-order chi connectivity index (χ0) is 73.6. The fourth-order valence-corrected chi connectivity index (χ4v) is 17.3. The minimum Gasteiger partial charge on any atom is -0.493 e. The van der Waals surface area contributed by atoms with Gasteiger partial charge in [0.2, 0.25) is 0 Å². The van der Waals surface area contributed by atoms with E-state index in [-0.39, 0.29) is 51.9 Å². The van der Waals surface area contributed by atoms with Crippen molar-refractivity contribution in [1.82, 2.24) is 43.1 Å². The number of hydrogen-bond acceptors (Lipinski definition) is 13. The zero-order valence-corrected chi connectivity index (χ0v) is 60.6. The number of ketones is 3. The molecular formula is C76H94F6N10O9S. The number of halogens is 6. The molecule has 3 spiro atoms. The average Bonchev–Trinajstić information content (AvgIpc) is 1.51. The number of Topliss-reactive ketones (excluding diaryl/α,β-unsaturated/α-hetero) is 3. The second kappa shape index (κ2) is 29.2. The summed E-state index contributed by atoms with van der Waals surface area (Å²) in [5.41, 5.74) is 4.52. The third kappa shape index (κ3) is 14.6. The number of alkyl halides is 6. The quantitative estimate of drug-likeness (QED) is 0.0883. The highest BCUT2D eigenvalue weighted by Crippen LogP contribution is 2.46. The van der Waals surface area contributed by atoms with E-state index in [4.69, 9.17) is 4.74 Å². The lowest BCUT2D eigenvalue weighted by molar-refractivity contribution is -0.0895. The highest BCUT2D eigenvalue weighted by Gasteiger charge is 2.51. The Labute approximate surface area is 593 Å². The molecule has 26 heteroatoms. The maximum atomic E-state index is 13.2. The van der Waals surface area contributed by atoms with E-state index in [1.807, 2.05) is 37.2 Å². The number of likely N-dealkylation sites (tertiary alicyclic amines) is 3. The molecule has 0 saturated carbocycles. The Kier molecular flexibility index (Phi) is 21.5. The summed E-state index contributed by atoms with van der Waals surface area (Å²) < 4.78 is 114. The molecule has 3 aromatic heterocycles. The van der Waals surface area contributed by atoms with Gasteiger partial charge in [0.05, 0.1) is 49.9 Å². The van der Waals surface area contributed by atoms with Gasteiger partial charge in [-0.1, -0.05) is 13.8 Å². The topological polar surface area (TPSA) is 183 Å². The molecule has 4 fully saturated rings. The third-order valence-electron chi connectivity index (χ3n) is 22.3. The van der Waals surface area contributed by atoms with E-state index in [0.29, 0.717) is 107 Å². The summed E-state index contributed by atoms with van der Waals surface area (Å²) in [5, 5.41) is 0. The first-order chi connectivity index (χ1) is 48.1. The summed E-state index contributed by atoms with van der Waals surface area (Å²) in [6, 6.07) is 31.1. The summed E-state index contributed by atoms with van der Waals surface area (Å²) in [6.45, 7) is 20.0. The highest BCUT2D eigenvalue weighted by atomic mass is 32.2. The molecule has 7 aliphatic heterocycles. The van der Waals surface area contributed by atoms with Gasteiger partial charge in [0.1, 0.15) is 5.75 Å². The molecule has 0 atom stereocenters. The van der Waals surface area contributed by atoms with Crippen molar-refractivity contribution in [2.75, 3.05) is 105 Å². The second-order valence-corrected chi connectivity index (χ2v) is 32.4. The first-order valence-electron chi connectivity index (χ1n) is 35.4. The number of amides is 3. The molecule has 3 aromatic carbocycles. The Morgan fingerprint density at radius 3 is 1.11 bits per heavy atom. The van der Waals surface area contributed by atoms with E-state index >= 15 is 0 Å². The van der Waals surface area contributed by atoms with Crippen LogP contribution in [-0.4, -0.2) is 203 Å². The van der Waals surface area contributed by atoms with E-state index in [2.05, 4.69) is 63.3 Å². The standard InChI is InChI=1S/C26H34N4O2.C25H30F3N3O4S.C25H30F3N3O3/c1-20(31)23-10-11-24-26(27(2)18-19-30(23)24)12-16-29(17-13-26)25(32)21-6-8-22(9-7-21)28-14-4-3-5-15-28;1-23(2,3)36(34,35)18-7-5-17(6-8-18)22(33)30-13-11-24(12-14-30)20-10-9-19(21(32)25(26,27)28)31(20)16-15-29(24)4;1-17(2)16-34-19-6-4-18(5-7-19)23(33)30-12-10-24(11-13-30)21-9-8-20(22(32)25(26,27)28)31(21)15-14-29(24)3/h6-11H,3-5,12-19H2,1-2H3;5-10H,11-16H2,1-4H3;4-9,17H,10-16H2,1-3H3. The van der Waals surface area contributed by atoms with Crippen LogP contribution in [0, 0.1) is 5.92 Å². The molecule has 19 nitrogen and oxygen atoms in total. The Bertz CT molecular complexity index is 4180. The van der Waals surface area contributed by atoms with E-state index in [0.717, 1.165) is 69.1 Å². The molecule has 7 aliphatic rings. The predicted molar refractivity (Wildman–Crippen MR) is 375 cm³/mol. The molecule has 0 aliphatic carbocycles. The van der Waals surface area contributed by atoms with E-state index in [9.17, 15) is 63.5 Å². The van der Waals surface area contributed by atoms with E-state index in [1.165, 1.54) is 76.2 Å². The number of ether oxygens (including phenoxy) is 1. The summed E-state index contributed by atoms with van der Waals surface area (Å²) >= 11 is 0. The number of sulfone groups is 1. The summed E-state index contributed by atoms with van der Waals surface area (Å²) in [5.74, 6) is -2.59. The lowest BCUT2D eigenvalue weighted by Crippen LogP contribution is -2.56. The van der Waals surface area contributed by atoms with Crippen LogP contribution >= 0.6 is 0 Å². The number of likely N-dealkylation sites (N-methyl/N-ethyl adjacent to an activating group) is 3. The van der Waals surface area contributed by atoms with Crippen LogP contribution in [0.25, 0.3) is 0 Å². The zero-order valence-electron chi connectivity index (χ0n) is 59.8. The van der Waals surface area contributed by atoms with Crippen molar-refractivity contribution in [1.29, 1.82) is 0 Å². The molecule has 13 rings (SSSR count). The number of fused-ring (bicyclic) bond motifs is 6. The molecule has 6 aromatic rings. The van der Waals surface area contributed by atoms with Crippen molar-refractivity contribution in [3.05, 3.63) is 160 Å². The predicted octanol–water partition coefficient (Wildman–Crippen LogP) is 12.0. The van der Waals surface area contributed by atoms with Crippen LogP contribution in [0.5, 0.6) is 5.75 Å². The Morgan fingerprint density at radius 1 is 0.441 bits per heavy atom. The van der Waals surface area contributed by atoms with Gasteiger partial charge in [0, 0.05) is 138 Å². The van der Waals surface area contributed by atoms with Crippen molar-refractivity contribution in [3.8, 4) is 5.75 Å². The van der Waals surface area contributed by atoms with Crippen LogP contribution in [0.15, 0.2) is 114 Å². The lowest BCUT2D eigenvalue weighted by Gasteiger charge is -2.50. The summed E-state index contributed by atoms with van der Waals surface area (Å²) in [6.07, 6.45) is -2.10. The van der Waals surface area contributed by atoms with Gasteiger partial charge in [0.15, 0.2) is 15.6 Å². The number of carbonyl (C=O) groups is 6.